The molecule has 4 rings (SSSR count). The second kappa shape index (κ2) is 8.06. The molecule has 3 heterocycles. The molecule has 0 unspecified atom stereocenters. The van der Waals surface area contributed by atoms with E-state index in [-0.39, 0.29) is 28.8 Å². The zero-order chi connectivity index (χ0) is 21.3. The van der Waals surface area contributed by atoms with Crippen molar-refractivity contribution in [3.63, 3.8) is 0 Å². The number of likely N-dealkylation sites (tertiary alicyclic amines) is 1. The normalized spacial score (nSPS) is 16.1. The van der Waals surface area contributed by atoms with E-state index in [0.717, 1.165) is 16.7 Å². The first-order valence-electron chi connectivity index (χ1n) is 9.93. The van der Waals surface area contributed by atoms with Crippen molar-refractivity contribution in [3.05, 3.63) is 91.5 Å². The second-order valence-corrected chi connectivity index (χ2v) is 7.51. The topological polar surface area (TPSA) is 101 Å². The first-order valence-corrected chi connectivity index (χ1v) is 9.93. The van der Waals surface area contributed by atoms with Gasteiger partial charge in [0.1, 0.15) is 11.5 Å². The summed E-state index contributed by atoms with van der Waals surface area (Å²) < 4.78 is 1.14. The van der Waals surface area contributed by atoms with Gasteiger partial charge in [-0.3, -0.25) is 14.4 Å². The lowest BCUT2D eigenvalue weighted by molar-refractivity contribution is 0.0721. The van der Waals surface area contributed by atoms with Crippen LogP contribution in [-0.4, -0.2) is 37.1 Å². The van der Waals surface area contributed by atoms with Crippen molar-refractivity contribution in [2.24, 2.45) is 7.05 Å². The third-order valence-electron chi connectivity index (χ3n) is 5.47. The van der Waals surface area contributed by atoms with Crippen molar-refractivity contribution in [2.45, 2.75) is 32.2 Å². The van der Waals surface area contributed by atoms with Gasteiger partial charge in [-0.25, -0.2) is 9.67 Å². The molecule has 1 aliphatic rings. The molecule has 0 spiro atoms. The van der Waals surface area contributed by atoms with Crippen molar-refractivity contribution in [1.29, 1.82) is 0 Å². The number of aryl methyl sites for hydroxylation is 2. The molecule has 0 bridgehead atoms. The number of rotatable bonds is 4. The average Bonchev–Trinajstić information content (AvgIpc) is 3.23. The number of carbonyl (C=O) groups excluding carboxylic acids is 1. The third kappa shape index (κ3) is 3.80. The van der Waals surface area contributed by atoms with E-state index in [2.05, 4.69) is 15.1 Å². The first kappa shape index (κ1) is 19.8. The molecule has 1 aromatic carbocycles. The van der Waals surface area contributed by atoms with Gasteiger partial charge >= 0.3 is 0 Å². The van der Waals surface area contributed by atoms with E-state index in [9.17, 15) is 14.4 Å². The number of amides is 1. The Morgan fingerprint density at radius 2 is 1.93 bits per heavy atom. The number of aromatic amines is 1. The van der Waals surface area contributed by atoms with Crippen LogP contribution in [0.25, 0.3) is 0 Å². The van der Waals surface area contributed by atoms with E-state index >= 15 is 0 Å². The maximum Gasteiger partial charge on any atom is 0.274 e. The van der Waals surface area contributed by atoms with Crippen molar-refractivity contribution in [3.8, 4) is 0 Å². The molecule has 1 fully saturated rings. The second-order valence-electron chi connectivity index (χ2n) is 7.51. The molecule has 1 amide bonds. The van der Waals surface area contributed by atoms with Crippen molar-refractivity contribution >= 4 is 5.91 Å². The highest BCUT2D eigenvalue weighted by atomic mass is 16.2. The molecule has 1 aliphatic heterocycles. The van der Waals surface area contributed by atoms with Crippen molar-refractivity contribution < 1.29 is 4.79 Å². The van der Waals surface area contributed by atoms with Crippen LogP contribution in [0.3, 0.4) is 0 Å². The summed E-state index contributed by atoms with van der Waals surface area (Å²) in [6.45, 7) is 2.37. The summed E-state index contributed by atoms with van der Waals surface area (Å²) in [7, 11) is 1.51. The molecule has 3 aromatic rings. The summed E-state index contributed by atoms with van der Waals surface area (Å²) in [6, 6.07) is 12.2. The van der Waals surface area contributed by atoms with Crippen LogP contribution >= 0.6 is 0 Å². The Morgan fingerprint density at radius 3 is 2.63 bits per heavy atom. The number of hydrogen-bond donors (Lipinski definition) is 1. The van der Waals surface area contributed by atoms with Gasteiger partial charge < -0.3 is 9.88 Å². The van der Waals surface area contributed by atoms with Crippen LogP contribution in [0.1, 0.15) is 52.0 Å². The minimum absolute atomic E-state index is 0.180. The van der Waals surface area contributed by atoms with Crippen molar-refractivity contribution in [2.75, 3.05) is 6.54 Å². The molecule has 154 valence electrons. The summed E-state index contributed by atoms with van der Waals surface area (Å²) in [6.07, 6.45) is 2.01. The average molecular weight is 405 g/mol. The predicted octanol–water partition coefficient (Wildman–Crippen LogP) is 1.74. The molecule has 1 N–H and O–H groups in total. The lowest BCUT2D eigenvalue weighted by Crippen LogP contribution is -2.35. The molecule has 30 heavy (non-hydrogen) atoms. The number of nitrogens with one attached hydrogen (secondary N) is 1. The predicted molar refractivity (Wildman–Crippen MR) is 111 cm³/mol. The number of benzene rings is 1. The lowest BCUT2D eigenvalue weighted by atomic mass is 10.0. The quantitative estimate of drug-likeness (QED) is 0.713. The zero-order valence-electron chi connectivity index (χ0n) is 17.0. The van der Waals surface area contributed by atoms with Gasteiger partial charge in [-0.2, -0.15) is 5.10 Å². The minimum Gasteiger partial charge on any atom is -0.327 e. The van der Waals surface area contributed by atoms with Gasteiger partial charge in [-0.05, 0) is 31.4 Å². The van der Waals surface area contributed by atoms with Crippen LogP contribution in [0.4, 0.5) is 0 Å². The summed E-state index contributed by atoms with van der Waals surface area (Å²) in [5.74, 6) is 0.215. The largest absolute Gasteiger partial charge is 0.327 e. The van der Waals surface area contributed by atoms with Gasteiger partial charge in [0.25, 0.3) is 17.0 Å². The SMILES string of the molecule is Cc1nc([C@@H]2CCCN2C(=O)c2ccc(=O)n(C)n2)[nH]c(=O)c1Cc1ccccc1. The number of nitrogens with zero attached hydrogens (tertiary/aromatic N) is 4. The molecule has 1 atom stereocenters. The van der Waals surface area contributed by atoms with Gasteiger partial charge in [0.2, 0.25) is 0 Å². The van der Waals surface area contributed by atoms with E-state index in [0.29, 0.717) is 36.5 Å². The van der Waals surface area contributed by atoms with E-state index in [1.807, 2.05) is 37.3 Å². The Labute approximate surface area is 173 Å². The monoisotopic (exact) mass is 405 g/mol. The Bertz CT molecular complexity index is 1200. The van der Waals surface area contributed by atoms with E-state index in [4.69, 9.17) is 0 Å². The fourth-order valence-corrected chi connectivity index (χ4v) is 3.86. The summed E-state index contributed by atoms with van der Waals surface area (Å²) in [5.41, 5.74) is 2.07. The molecule has 8 nitrogen and oxygen atoms in total. The Morgan fingerprint density at radius 1 is 1.17 bits per heavy atom. The van der Waals surface area contributed by atoms with Gasteiger partial charge in [-0.15, -0.1) is 0 Å². The standard InChI is InChI=1S/C22H23N5O3/c1-14-16(13-15-7-4-3-5-8-15)21(29)24-20(23-14)18-9-6-12-27(18)22(30)17-10-11-19(28)26(2)25-17/h3-5,7-8,10-11,18H,6,9,12-13H2,1-2H3,(H,23,24,29)/t18-/m0/s1. The van der Waals surface area contributed by atoms with Crippen LogP contribution in [0.5, 0.6) is 0 Å². The highest BCUT2D eigenvalue weighted by molar-refractivity contribution is 5.92. The van der Waals surface area contributed by atoms with Crippen LogP contribution in [0.2, 0.25) is 0 Å². The highest BCUT2D eigenvalue weighted by Gasteiger charge is 2.33. The molecule has 0 saturated carbocycles. The van der Waals surface area contributed by atoms with Crippen LogP contribution in [-0.2, 0) is 13.5 Å². The van der Waals surface area contributed by atoms with E-state index < -0.39 is 0 Å². The summed E-state index contributed by atoms with van der Waals surface area (Å²) >= 11 is 0. The summed E-state index contributed by atoms with van der Waals surface area (Å²) in [4.78, 5) is 46.6. The van der Waals surface area contributed by atoms with E-state index in [1.54, 1.807) is 4.90 Å². The van der Waals surface area contributed by atoms with Gasteiger partial charge in [-0.1, -0.05) is 30.3 Å². The van der Waals surface area contributed by atoms with Gasteiger partial charge in [0.05, 0.1) is 6.04 Å². The number of aromatic nitrogens is 4. The molecule has 2 aromatic heterocycles. The molecular formula is C22H23N5O3. The van der Waals surface area contributed by atoms with Crippen LogP contribution in [0.15, 0.2) is 52.1 Å². The number of H-pyrrole nitrogens is 1. The smallest absolute Gasteiger partial charge is 0.274 e. The number of hydrogen-bond acceptors (Lipinski definition) is 5. The van der Waals surface area contributed by atoms with E-state index in [1.165, 1.54) is 19.2 Å². The maximum atomic E-state index is 13.0. The van der Waals surface area contributed by atoms with Gasteiger partial charge in [0.15, 0.2) is 0 Å². The fourth-order valence-electron chi connectivity index (χ4n) is 3.86. The fraction of sp³-hybridized carbons (Fsp3) is 0.318. The molecule has 8 heteroatoms. The molecular weight excluding hydrogens is 382 g/mol. The third-order valence-corrected chi connectivity index (χ3v) is 5.47. The Kier molecular flexibility index (Phi) is 5.31. The first-order chi connectivity index (χ1) is 14.4. The highest BCUT2D eigenvalue weighted by Crippen LogP contribution is 2.30. The molecule has 0 aliphatic carbocycles. The Hall–Kier alpha value is -3.55. The number of carbonyl (C=O) groups is 1. The van der Waals surface area contributed by atoms with Crippen molar-refractivity contribution in [1.82, 2.24) is 24.6 Å². The maximum absolute atomic E-state index is 13.0. The minimum atomic E-state index is -0.325. The summed E-state index contributed by atoms with van der Waals surface area (Å²) in [5, 5.41) is 4.06. The Balaban J connectivity index is 1.62. The lowest BCUT2D eigenvalue weighted by Gasteiger charge is -2.24. The van der Waals surface area contributed by atoms with Crippen LogP contribution < -0.4 is 11.1 Å². The molecule has 1 saturated heterocycles. The van der Waals surface area contributed by atoms with Crippen LogP contribution in [0, 0.1) is 6.92 Å². The zero-order valence-corrected chi connectivity index (χ0v) is 17.0. The molecule has 0 radical (unpaired) electrons. The van der Waals surface area contributed by atoms with Gasteiger partial charge in [0, 0.05) is 37.3 Å².